The van der Waals surface area contributed by atoms with Crippen LogP contribution in [0.1, 0.15) is 20.8 Å². The van der Waals surface area contributed by atoms with E-state index in [1.807, 2.05) is 13.0 Å². The average Bonchev–Trinajstić information content (AvgIpc) is 2.51. The van der Waals surface area contributed by atoms with Crippen molar-refractivity contribution in [2.45, 2.75) is 26.4 Å². The van der Waals surface area contributed by atoms with E-state index in [1.54, 1.807) is 43.1 Å². The molecule has 0 fully saturated rings. The van der Waals surface area contributed by atoms with Crippen LogP contribution < -0.4 is 4.74 Å². The molecule has 0 spiro atoms. The summed E-state index contributed by atoms with van der Waals surface area (Å²) in [7, 11) is 0. The summed E-state index contributed by atoms with van der Waals surface area (Å²) < 4.78 is 5.64. The van der Waals surface area contributed by atoms with Crippen LogP contribution in [0.2, 0.25) is 5.02 Å². The van der Waals surface area contributed by atoms with Gasteiger partial charge in [0, 0.05) is 24.7 Å². The molecule has 5 nitrogen and oxygen atoms in total. The topological polar surface area (TPSA) is 62.7 Å². The summed E-state index contributed by atoms with van der Waals surface area (Å²) in [5, 5.41) is 11.2. The van der Waals surface area contributed by atoms with Crippen molar-refractivity contribution in [1.29, 1.82) is 0 Å². The maximum absolute atomic E-state index is 12.3. The van der Waals surface area contributed by atoms with Crippen molar-refractivity contribution in [3.05, 3.63) is 35.5 Å². The molecule has 0 atom stereocenters. The minimum absolute atomic E-state index is 0.114. The molecule has 1 heterocycles. The summed E-state index contributed by atoms with van der Waals surface area (Å²) in [4.78, 5) is 18.1. The number of nitrogens with zero attached hydrogens (tertiary/aromatic N) is 2. The summed E-state index contributed by atoms with van der Waals surface area (Å²) in [5.74, 6) is 0.325. The average molecular weight is 337 g/mol. The second-order valence-corrected chi connectivity index (χ2v) is 6.36. The number of halogens is 1. The highest BCUT2D eigenvalue weighted by Gasteiger charge is 2.21. The van der Waals surface area contributed by atoms with Crippen LogP contribution in [0.25, 0.3) is 10.9 Å². The normalized spacial score (nSPS) is 11.5. The fourth-order valence-electron chi connectivity index (χ4n) is 2.30. The minimum atomic E-state index is -0.944. The third kappa shape index (κ3) is 4.56. The number of carbonyl (C=O) groups excluding carboxylic acids is 1. The molecular formula is C17H21ClN2O3. The molecule has 1 aromatic heterocycles. The fraction of sp³-hybridized carbons (Fsp3) is 0.412. The monoisotopic (exact) mass is 336 g/mol. The maximum Gasteiger partial charge on any atom is 0.260 e. The van der Waals surface area contributed by atoms with Crippen LogP contribution in [0.5, 0.6) is 5.75 Å². The van der Waals surface area contributed by atoms with Gasteiger partial charge in [-0.3, -0.25) is 9.78 Å². The molecule has 23 heavy (non-hydrogen) atoms. The number of benzene rings is 1. The number of amides is 1. The van der Waals surface area contributed by atoms with Crippen LogP contribution in [-0.4, -0.2) is 46.2 Å². The Balaban J connectivity index is 2.12. The van der Waals surface area contributed by atoms with E-state index in [-0.39, 0.29) is 19.1 Å². The van der Waals surface area contributed by atoms with Crippen LogP contribution in [0.3, 0.4) is 0 Å². The van der Waals surface area contributed by atoms with Gasteiger partial charge in [-0.1, -0.05) is 11.6 Å². The lowest BCUT2D eigenvalue weighted by Crippen LogP contribution is -2.44. The third-order valence-corrected chi connectivity index (χ3v) is 3.67. The zero-order valence-corrected chi connectivity index (χ0v) is 14.3. The molecule has 0 saturated heterocycles. The number of hydrogen-bond donors (Lipinski definition) is 1. The van der Waals surface area contributed by atoms with Gasteiger partial charge in [0.15, 0.2) is 6.61 Å². The minimum Gasteiger partial charge on any atom is -0.481 e. The molecule has 0 aliphatic carbocycles. The zero-order chi connectivity index (χ0) is 17.0. The zero-order valence-electron chi connectivity index (χ0n) is 13.5. The van der Waals surface area contributed by atoms with Crippen molar-refractivity contribution in [3.63, 3.8) is 0 Å². The summed E-state index contributed by atoms with van der Waals surface area (Å²) >= 11 is 6.14. The first-order valence-electron chi connectivity index (χ1n) is 7.48. The summed E-state index contributed by atoms with van der Waals surface area (Å²) in [6.45, 7) is 5.85. The second-order valence-electron chi connectivity index (χ2n) is 5.95. The van der Waals surface area contributed by atoms with Gasteiger partial charge in [-0.2, -0.15) is 0 Å². The quantitative estimate of drug-likeness (QED) is 0.881. The van der Waals surface area contributed by atoms with Crippen molar-refractivity contribution < 1.29 is 14.6 Å². The summed E-state index contributed by atoms with van der Waals surface area (Å²) in [6.07, 6.45) is 1.65. The van der Waals surface area contributed by atoms with E-state index in [0.717, 1.165) is 5.39 Å². The van der Waals surface area contributed by atoms with Gasteiger partial charge < -0.3 is 14.7 Å². The Labute approximate surface area is 140 Å². The Morgan fingerprint density at radius 3 is 2.78 bits per heavy atom. The molecule has 0 radical (unpaired) electrons. The number of likely N-dealkylation sites (N-methyl/N-ethyl adjacent to an activating group) is 1. The number of aliphatic hydroxyl groups is 1. The molecule has 1 amide bonds. The van der Waals surface area contributed by atoms with Gasteiger partial charge >= 0.3 is 0 Å². The van der Waals surface area contributed by atoms with E-state index >= 15 is 0 Å². The number of rotatable bonds is 6. The van der Waals surface area contributed by atoms with Crippen LogP contribution >= 0.6 is 11.6 Å². The smallest absolute Gasteiger partial charge is 0.260 e. The fourth-order valence-corrected chi connectivity index (χ4v) is 2.52. The molecule has 1 aromatic carbocycles. The number of ether oxygens (including phenoxy) is 1. The van der Waals surface area contributed by atoms with Gasteiger partial charge in [0.2, 0.25) is 0 Å². The number of carbonyl (C=O) groups is 1. The first-order valence-corrected chi connectivity index (χ1v) is 7.86. The van der Waals surface area contributed by atoms with Crippen molar-refractivity contribution in [2.24, 2.45) is 0 Å². The number of pyridine rings is 1. The Morgan fingerprint density at radius 1 is 1.39 bits per heavy atom. The number of fused-ring (bicyclic) bond motifs is 1. The van der Waals surface area contributed by atoms with Gasteiger partial charge in [0.25, 0.3) is 5.91 Å². The molecule has 0 aliphatic heterocycles. The third-order valence-electron chi connectivity index (χ3n) is 3.34. The molecular weight excluding hydrogens is 316 g/mol. The van der Waals surface area contributed by atoms with E-state index < -0.39 is 5.60 Å². The summed E-state index contributed by atoms with van der Waals surface area (Å²) in [5.41, 5.74) is -0.321. The van der Waals surface area contributed by atoms with Gasteiger partial charge in [-0.05, 0) is 45.0 Å². The Morgan fingerprint density at radius 2 is 2.13 bits per heavy atom. The molecule has 1 N–H and O–H groups in total. The Bertz CT molecular complexity index is 698. The van der Waals surface area contributed by atoms with Crippen LogP contribution in [-0.2, 0) is 4.79 Å². The number of hydrogen-bond acceptors (Lipinski definition) is 4. The second kappa shape index (κ2) is 7.15. The van der Waals surface area contributed by atoms with Gasteiger partial charge in [0.1, 0.15) is 11.3 Å². The molecule has 2 aromatic rings. The predicted molar refractivity (Wildman–Crippen MR) is 90.8 cm³/mol. The largest absolute Gasteiger partial charge is 0.481 e. The van der Waals surface area contributed by atoms with E-state index in [4.69, 9.17) is 16.3 Å². The SMILES string of the molecule is CCN(CC(C)(C)O)C(=O)COc1ccc(Cl)c2cccnc12. The standard InChI is InChI=1S/C17H21ClN2O3/c1-4-20(11-17(2,3)22)15(21)10-23-14-8-7-13(18)12-6-5-9-19-16(12)14/h5-9,22H,4,10-11H2,1-3H3. The Hall–Kier alpha value is -1.85. The van der Waals surface area contributed by atoms with E-state index in [9.17, 15) is 9.90 Å². The van der Waals surface area contributed by atoms with Crippen molar-refractivity contribution in [3.8, 4) is 5.75 Å². The first kappa shape index (κ1) is 17.5. The predicted octanol–water partition coefficient (Wildman–Crippen LogP) is 2.89. The van der Waals surface area contributed by atoms with Gasteiger partial charge in [-0.25, -0.2) is 0 Å². The summed E-state index contributed by atoms with van der Waals surface area (Å²) in [6, 6.07) is 7.08. The molecule has 0 saturated carbocycles. The molecule has 0 unspecified atom stereocenters. The van der Waals surface area contributed by atoms with Crippen LogP contribution in [0.15, 0.2) is 30.5 Å². The highest BCUT2D eigenvalue weighted by Crippen LogP contribution is 2.29. The van der Waals surface area contributed by atoms with Crippen LogP contribution in [0, 0.1) is 0 Å². The molecule has 6 heteroatoms. The highest BCUT2D eigenvalue weighted by atomic mass is 35.5. The highest BCUT2D eigenvalue weighted by molar-refractivity contribution is 6.35. The van der Waals surface area contributed by atoms with Crippen molar-refractivity contribution in [1.82, 2.24) is 9.88 Å². The number of aromatic nitrogens is 1. The Kier molecular flexibility index (Phi) is 5.44. The molecule has 0 bridgehead atoms. The molecule has 0 aliphatic rings. The van der Waals surface area contributed by atoms with E-state index in [2.05, 4.69) is 4.98 Å². The molecule has 2 rings (SSSR count). The maximum atomic E-state index is 12.3. The lowest BCUT2D eigenvalue weighted by Gasteiger charge is -2.28. The lowest BCUT2D eigenvalue weighted by molar-refractivity contribution is -0.136. The van der Waals surface area contributed by atoms with Crippen LogP contribution in [0.4, 0.5) is 0 Å². The van der Waals surface area contributed by atoms with Crippen molar-refractivity contribution in [2.75, 3.05) is 19.7 Å². The van der Waals surface area contributed by atoms with E-state index in [1.165, 1.54) is 0 Å². The molecule has 124 valence electrons. The van der Waals surface area contributed by atoms with Gasteiger partial charge in [0.05, 0.1) is 10.6 Å². The van der Waals surface area contributed by atoms with Crippen molar-refractivity contribution >= 4 is 28.4 Å². The first-order chi connectivity index (χ1) is 10.8. The van der Waals surface area contributed by atoms with Gasteiger partial charge in [-0.15, -0.1) is 0 Å². The lowest BCUT2D eigenvalue weighted by atomic mass is 10.1. The van der Waals surface area contributed by atoms with E-state index in [0.29, 0.717) is 22.8 Å².